The lowest BCUT2D eigenvalue weighted by atomic mass is 9.95. The van der Waals surface area contributed by atoms with E-state index in [0.717, 1.165) is 40.5 Å². The molecule has 2 aliphatic heterocycles. The molecule has 0 aliphatic carbocycles. The third-order valence-corrected chi connectivity index (χ3v) is 4.83. The van der Waals surface area contributed by atoms with E-state index in [1.54, 1.807) is 14.2 Å². The fourth-order valence-electron chi connectivity index (χ4n) is 3.57. The molecule has 0 aromatic heterocycles. The van der Waals surface area contributed by atoms with Crippen LogP contribution in [0.5, 0.6) is 17.2 Å². The van der Waals surface area contributed by atoms with Crippen molar-refractivity contribution in [3.05, 3.63) is 53.6 Å². The number of fused-ring (bicyclic) bond motifs is 3. The van der Waals surface area contributed by atoms with Gasteiger partial charge in [-0.2, -0.15) is 5.10 Å². The number of nitrogens with zero attached hydrogens (tertiary/aromatic N) is 2. The fourth-order valence-corrected chi connectivity index (χ4v) is 3.57. The number of benzene rings is 2. The normalized spacial score (nSPS) is 20.2. The molecule has 5 nitrogen and oxygen atoms in total. The first kappa shape index (κ1) is 15.8. The van der Waals surface area contributed by atoms with Crippen LogP contribution in [0.3, 0.4) is 0 Å². The van der Waals surface area contributed by atoms with Gasteiger partial charge in [0.05, 0.1) is 26.0 Å². The Hall–Kier alpha value is -2.69. The Labute approximate surface area is 147 Å². The Morgan fingerprint density at radius 2 is 1.84 bits per heavy atom. The van der Waals surface area contributed by atoms with Crippen LogP contribution in [-0.2, 0) is 0 Å². The molecule has 0 radical (unpaired) electrons. The summed E-state index contributed by atoms with van der Waals surface area (Å²) in [6, 6.07) is 14.2. The lowest BCUT2D eigenvalue weighted by Crippen LogP contribution is -2.48. The topological polar surface area (TPSA) is 43.3 Å². The molecule has 0 amide bonds. The summed E-state index contributed by atoms with van der Waals surface area (Å²) >= 11 is 0. The molecule has 1 atom stereocenters. The molecule has 0 bridgehead atoms. The van der Waals surface area contributed by atoms with E-state index >= 15 is 0 Å². The second-order valence-electron chi connectivity index (χ2n) is 6.77. The molecule has 130 valence electrons. The Morgan fingerprint density at radius 1 is 1.08 bits per heavy atom. The van der Waals surface area contributed by atoms with E-state index in [1.165, 1.54) is 0 Å². The van der Waals surface area contributed by atoms with Crippen molar-refractivity contribution >= 4 is 5.71 Å². The van der Waals surface area contributed by atoms with Gasteiger partial charge in [-0.05, 0) is 49.7 Å². The van der Waals surface area contributed by atoms with Crippen molar-refractivity contribution in [2.24, 2.45) is 5.10 Å². The highest BCUT2D eigenvalue weighted by Crippen LogP contribution is 2.49. The van der Waals surface area contributed by atoms with Crippen LogP contribution in [0.25, 0.3) is 0 Å². The molecule has 0 spiro atoms. The van der Waals surface area contributed by atoms with Gasteiger partial charge in [-0.1, -0.05) is 12.1 Å². The van der Waals surface area contributed by atoms with E-state index in [-0.39, 0.29) is 6.04 Å². The van der Waals surface area contributed by atoms with Crippen LogP contribution in [0.1, 0.15) is 37.4 Å². The van der Waals surface area contributed by atoms with Gasteiger partial charge in [0.2, 0.25) is 0 Å². The van der Waals surface area contributed by atoms with Crippen LogP contribution in [0, 0.1) is 0 Å². The molecule has 0 saturated carbocycles. The molecule has 0 N–H and O–H groups in total. The zero-order valence-electron chi connectivity index (χ0n) is 14.9. The molecule has 1 unspecified atom stereocenters. The third-order valence-electron chi connectivity index (χ3n) is 4.83. The van der Waals surface area contributed by atoms with Crippen molar-refractivity contribution in [3.8, 4) is 17.2 Å². The predicted octanol–water partition coefficient (Wildman–Crippen LogP) is 3.98. The SMILES string of the molecule is COc1ccc(C2=NN3C(C2)c2cccc(OC)c2OC3(C)C)cc1. The van der Waals surface area contributed by atoms with E-state index < -0.39 is 5.72 Å². The van der Waals surface area contributed by atoms with Crippen molar-refractivity contribution in [2.45, 2.75) is 32.0 Å². The molecule has 2 heterocycles. The van der Waals surface area contributed by atoms with Crippen LogP contribution in [0.15, 0.2) is 47.6 Å². The molecular formula is C20H22N2O3. The molecule has 2 aliphatic rings. The van der Waals surface area contributed by atoms with Gasteiger partial charge in [0.25, 0.3) is 0 Å². The van der Waals surface area contributed by atoms with Crippen molar-refractivity contribution < 1.29 is 14.2 Å². The standard InChI is InChI=1S/C20H22N2O3/c1-20(2)22-17(15-6-5-7-18(24-4)19(15)25-20)12-16(21-22)13-8-10-14(23-3)11-9-13/h5-11,17H,12H2,1-4H3. The maximum absolute atomic E-state index is 6.25. The van der Waals surface area contributed by atoms with Gasteiger partial charge >= 0.3 is 0 Å². The number of ether oxygens (including phenoxy) is 3. The highest BCUT2D eigenvalue weighted by molar-refractivity contribution is 6.02. The van der Waals surface area contributed by atoms with Crippen molar-refractivity contribution in [1.82, 2.24) is 5.01 Å². The van der Waals surface area contributed by atoms with Crippen LogP contribution in [0.2, 0.25) is 0 Å². The third kappa shape index (κ3) is 2.51. The monoisotopic (exact) mass is 338 g/mol. The van der Waals surface area contributed by atoms with Gasteiger partial charge in [0.15, 0.2) is 17.2 Å². The van der Waals surface area contributed by atoms with Crippen LogP contribution < -0.4 is 14.2 Å². The van der Waals surface area contributed by atoms with E-state index in [4.69, 9.17) is 19.3 Å². The summed E-state index contributed by atoms with van der Waals surface area (Å²) < 4.78 is 17.0. The first-order valence-electron chi connectivity index (χ1n) is 8.40. The van der Waals surface area contributed by atoms with Crippen molar-refractivity contribution in [1.29, 1.82) is 0 Å². The summed E-state index contributed by atoms with van der Waals surface area (Å²) in [5, 5.41) is 6.95. The first-order valence-corrected chi connectivity index (χ1v) is 8.40. The van der Waals surface area contributed by atoms with Gasteiger partial charge in [0, 0.05) is 12.0 Å². The van der Waals surface area contributed by atoms with Crippen molar-refractivity contribution in [3.63, 3.8) is 0 Å². The van der Waals surface area contributed by atoms with Gasteiger partial charge in [0.1, 0.15) is 5.75 Å². The van der Waals surface area contributed by atoms with Crippen molar-refractivity contribution in [2.75, 3.05) is 14.2 Å². The maximum atomic E-state index is 6.25. The number of rotatable bonds is 3. The smallest absolute Gasteiger partial charge is 0.192 e. The Balaban J connectivity index is 1.74. The summed E-state index contributed by atoms with van der Waals surface area (Å²) in [6.45, 7) is 4.08. The molecular weight excluding hydrogens is 316 g/mol. The summed E-state index contributed by atoms with van der Waals surface area (Å²) in [5.74, 6) is 2.43. The summed E-state index contributed by atoms with van der Waals surface area (Å²) in [5.41, 5.74) is 2.74. The maximum Gasteiger partial charge on any atom is 0.192 e. The lowest BCUT2D eigenvalue weighted by Gasteiger charge is -2.43. The van der Waals surface area contributed by atoms with Gasteiger partial charge < -0.3 is 14.2 Å². The van der Waals surface area contributed by atoms with Gasteiger partial charge in [-0.25, -0.2) is 5.01 Å². The summed E-state index contributed by atoms with van der Waals surface area (Å²) in [6.07, 6.45) is 0.833. The second kappa shape index (κ2) is 5.69. The van der Waals surface area contributed by atoms with E-state index in [9.17, 15) is 0 Å². The molecule has 5 heteroatoms. The van der Waals surface area contributed by atoms with Crippen LogP contribution >= 0.6 is 0 Å². The molecule has 25 heavy (non-hydrogen) atoms. The fraction of sp³-hybridized carbons (Fsp3) is 0.350. The van der Waals surface area contributed by atoms with Gasteiger partial charge in [-0.3, -0.25) is 0 Å². The first-order chi connectivity index (χ1) is 12.0. The zero-order chi connectivity index (χ0) is 17.6. The number of methoxy groups -OCH3 is 2. The number of hydrazone groups is 1. The quantitative estimate of drug-likeness (QED) is 0.849. The number of hydrogen-bond donors (Lipinski definition) is 0. The predicted molar refractivity (Wildman–Crippen MR) is 96.4 cm³/mol. The van der Waals surface area contributed by atoms with Crippen LogP contribution in [-0.4, -0.2) is 30.7 Å². The minimum absolute atomic E-state index is 0.144. The van der Waals surface area contributed by atoms with E-state index in [0.29, 0.717) is 0 Å². The molecule has 0 fully saturated rings. The summed E-state index contributed by atoms with van der Waals surface area (Å²) in [4.78, 5) is 0. The highest BCUT2D eigenvalue weighted by Gasteiger charge is 2.45. The van der Waals surface area contributed by atoms with Gasteiger partial charge in [-0.15, -0.1) is 0 Å². The zero-order valence-corrected chi connectivity index (χ0v) is 14.9. The lowest BCUT2D eigenvalue weighted by molar-refractivity contribution is -0.0924. The minimum atomic E-state index is -0.541. The summed E-state index contributed by atoms with van der Waals surface area (Å²) in [7, 11) is 3.35. The highest BCUT2D eigenvalue weighted by atomic mass is 16.5. The Kier molecular flexibility index (Phi) is 3.60. The Bertz CT molecular complexity index is 827. The van der Waals surface area contributed by atoms with E-state index in [2.05, 4.69) is 23.2 Å². The Morgan fingerprint density at radius 3 is 2.52 bits per heavy atom. The molecule has 2 aromatic rings. The number of hydrogen-bond acceptors (Lipinski definition) is 5. The second-order valence-corrected chi connectivity index (χ2v) is 6.77. The molecule has 4 rings (SSSR count). The average molecular weight is 338 g/mol. The average Bonchev–Trinajstić information content (AvgIpc) is 3.08. The number of para-hydroxylation sites is 1. The largest absolute Gasteiger partial charge is 0.497 e. The van der Waals surface area contributed by atoms with E-state index in [1.807, 2.05) is 38.1 Å². The molecule has 0 saturated heterocycles. The molecule has 2 aromatic carbocycles. The van der Waals surface area contributed by atoms with Crippen LogP contribution in [0.4, 0.5) is 0 Å². The minimum Gasteiger partial charge on any atom is -0.497 e.